The van der Waals surface area contributed by atoms with E-state index in [4.69, 9.17) is 0 Å². The summed E-state index contributed by atoms with van der Waals surface area (Å²) in [5.41, 5.74) is 0. The molecular formula is C13H26N2O2S. The van der Waals surface area contributed by atoms with Gasteiger partial charge in [0.2, 0.25) is 0 Å². The molecule has 1 rings (SSSR count). The molecule has 0 bridgehead atoms. The van der Waals surface area contributed by atoms with Gasteiger partial charge in [-0.15, -0.1) is 0 Å². The van der Waals surface area contributed by atoms with Gasteiger partial charge in [0.15, 0.2) is 0 Å². The maximum absolute atomic E-state index is 11.8. The van der Waals surface area contributed by atoms with Gasteiger partial charge >= 0.3 is 6.03 Å². The van der Waals surface area contributed by atoms with Crippen LogP contribution in [0.5, 0.6) is 0 Å². The van der Waals surface area contributed by atoms with E-state index in [1.807, 2.05) is 18.7 Å². The van der Waals surface area contributed by atoms with Crippen molar-refractivity contribution in [1.29, 1.82) is 0 Å². The van der Waals surface area contributed by atoms with Gasteiger partial charge in [0.25, 0.3) is 0 Å². The zero-order valence-corrected chi connectivity index (χ0v) is 12.3. The van der Waals surface area contributed by atoms with Gasteiger partial charge in [-0.1, -0.05) is 19.8 Å². The van der Waals surface area contributed by atoms with Crippen LogP contribution in [0, 0.1) is 0 Å². The zero-order valence-electron chi connectivity index (χ0n) is 11.4. The van der Waals surface area contributed by atoms with Crippen molar-refractivity contribution in [2.45, 2.75) is 64.1 Å². The summed E-state index contributed by atoms with van der Waals surface area (Å²) in [6.45, 7) is 4.16. The molecule has 1 saturated carbocycles. The number of carbonyl (C=O) groups is 1. The van der Waals surface area contributed by atoms with Gasteiger partial charge in [0, 0.05) is 6.04 Å². The van der Waals surface area contributed by atoms with Gasteiger partial charge < -0.3 is 15.7 Å². The summed E-state index contributed by atoms with van der Waals surface area (Å²) < 4.78 is 0. The number of aliphatic hydroxyl groups excluding tert-OH is 1. The molecule has 1 aliphatic carbocycles. The molecule has 0 aromatic heterocycles. The number of hydrogen-bond donors (Lipinski definition) is 3. The second-order valence-corrected chi connectivity index (χ2v) is 6.36. The number of nitrogens with one attached hydrogen (secondary N) is 2. The van der Waals surface area contributed by atoms with Crippen molar-refractivity contribution in [3.8, 4) is 0 Å². The molecule has 5 heteroatoms. The Morgan fingerprint density at radius 2 is 2.17 bits per heavy atom. The normalized spacial score (nSPS) is 25.5. The topological polar surface area (TPSA) is 61.4 Å². The summed E-state index contributed by atoms with van der Waals surface area (Å²) in [6, 6.07) is -0.0318. The second-order valence-electron chi connectivity index (χ2n) is 4.96. The van der Waals surface area contributed by atoms with Gasteiger partial charge in [-0.3, -0.25) is 0 Å². The molecule has 3 atom stereocenters. The summed E-state index contributed by atoms with van der Waals surface area (Å²) in [4.78, 5) is 11.8. The van der Waals surface area contributed by atoms with Crippen molar-refractivity contribution < 1.29 is 9.90 Å². The number of amides is 2. The molecule has 0 radical (unpaired) electrons. The van der Waals surface area contributed by atoms with Crippen molar-refractivity contribution in [2.75, 3.05) is 11.5 Å². The van der Waals surface area contributed by atoms with Crippen LogP contribution in [-0.4, -0.2) is 40.8 Å². The van der Waals surface area contributed by atoms with Gasteiger partial charge in [-0.25, -0.2) is 4.79 Å². The molecule has 106 valence electrons. The fourth-order valence-corrected chi connectivity index (χ4v) is 3.00. The molecule has 3 unspecified atom stereocenters. The Kier molecular flexibility index (Phi) is 7.51. The van der Waals surface area contributed by atoms with E-state index in [-0.39, 0.29) is 24.2 Å². The SMILES string of the molecule is CCSCCC(C)NC(=O)NC1CCCCC1O. The minimum atomic E-state index is -0.379. The zero-order chi connectivity index (χ0) is 13.4. The highest BCUT2D eigenvalue weighted by Crippen LogP contribution is 2.18. The number of carbonyl (C=O) groups excluding carboxylic acids is 1. The fourth-order valence-electron chi connectivity index (χ4n) is 2.19. The van der Waals surface area contributed by atoms with Crippen LogP contribution in [-0.2, 0) is 0 Å². The van der Waals surface area contributed by atoms with E-state index in [1.54, 1.807) is 0 Å². The third-order valence-corrected chi connectivity index (χ3v) is 4.26. The average molecular weight is 274 g/mol. The predicted octanol–water partition coefficient (Wildman–Crippen LogP) is 2.12. The van der Waals surface area contributed by atoms with Crippen LogP contribution in [0.15, 0.2) is 0 Å². The summed E-state index contributed by atoms with van der Waals surface area (Å²) >= 11 is 1.89. The van der Waals surface area contributed by atoms with E-state index >= 15 is 0 Å². The minimum absolute atomic E-state index is 0.0732. The average Bonchev–Trinajstić information content (AvgIpc) is 2.32. The molecule has 1 fully saturated rings. The molecule has 0 aliphatic heterocycles. The second kappa shape index (κ2) is 8.64. The summed E-state index contributed by atoms with van der Waals surface area (Å²) in [5.74, 6) is 2.19. The first kappa shape index (κ1) is 15.6. The molecule has 2 amide bonds. The maximum atomic E-state index is 11.8. The Hall–Kier alpha value is -0.420. The lowest BCUT2D eigenvalue weighted by Gasteiger charge is -2.29. The van der Waals surface area contributed by atoms with Gasteiger partial charge in [0.05, 0.1) is 12.1 Å². The highest BCUT2D eigenvalue weighted by molar-refractivity contribution is 7.99. The maximum Gasteiger partial charge on any atom is 0.315 e. The summed E-state index contributed by atoms with van der Waals surface area (Å²) in [5, 5.41) is 15.6. The Morgan fingerprint density at radius 1 is 1.44 bits per heavy atom. The molecule has 0 spiro atoms. The third kappa shape index (κ3) is 5.96. The number of hydrogen-bond acceptors (Lipinski definition) is 3. The fraction of sp³-hybridized carbons (Fsp3) is 0.923. The van der Waals surface area contributed by atoms with E-state index < -0.39 is 0 Å². The van der Waals surface area contributed by atoms with Gasteiger partial charge in [0.1, 0.15) is 0 Å². The van der Waals surface area contributed by atoms with E-state index in [0.717, 1.165) is 43.6 Å². The number of aliphatic hydroxyl groups is 1. The molecule has 4 nitrogen and oxygen atoms in total. The monoisotopic (exact) mass is 274 g/mol. The molecule has 18 heavy (non-hydrogen) atoms. The van der Waals surface area contributed by atoms with Crippen LogP contribution >= 0.6 is 11.8 Å². The first-order valence-corrected chi connectivity index (χ1v) is 8.11. The van der Waals surface area contributed by atoms with Crippen molar-refractivity contribution in [3.05, 3.63) is 0 Å². The van der Waals surface area contributed by atoms with Crippen LogP contribution in [0.1, 0.15) is 46.0 Å². The minimum Gasteiger partial charge on any atom is -0.391 e. The van der Waals surface area contributed by atoms with E-state index in [0.29, 0.717) is 0 Å². The number of urea groups is 1. The van der Waals surface area contributed by atoms with Crippen LogP contribution < -0.4 is 10.6 Å². The lowest BCUT2D eigenvalue weighted by molar-refractivity contribution is 0.0941. The van der Waals surface area contributed by atoms with Crippen molar-refractivity contribution in [3.63, 3.8) is 0 Å². The van der Waals surface area contributed by atoms with Crippen LogP contribution in [0.25, 0.3) is 0 Å². The molecule has 3 N–H and O–H groups in total. The molecule has 0 heterocycles. The molecule has 0 saturated heterocycles. The lowest BCUT2D eigenvalue weighted by atomic mass is 9.93. The standard InChI is InChI=1S/C13H26N2O2S/c1-3-18-9-8-10(2)14-13(17)15-11-6-4-5-7-12(11)16/h10-12,16H,3-9H2,1-2H3,(H2,14,15,17). The molecule has 0 aromatic carbocycles. The predicted molar refractivity (Wildman–Crippen MR) is 77.0 cm³/mol. The quantitative estimate of drug-likeness (QED) is 0.650. The Labute approximate surface area is 114 Å². The molecule has 0 aromatic rings. The van der Waals surface area contributed by atoms with Crippen LogP contribution in [0.3, 0.4) is 0 Å². The summed E-state index contributed by atoms with van der Waals surface area (Å²) in [7, 11) is 0. The Morgan fingerprint density at radius 3 is 2.83 bits per heavy atom. The van der Waals surface area contributed by atoms with E-state index in [9.17, 15) is 9.90 Å². The third-order valence-electron chi connectivity index (χ3n) is 3.32. The Bertz CT molecular complexity index is 251. The number of thioether (sulfide) groups is 1. The largest absolute Gasteiger partial charge is 0.391 e. The lowest BCUT2D eigenvalue weighted by Crippen LogP contribution is -2.50. The smallest absolute Gasteiger partial charge is 0.315 e. The van der Waals surface area contributed by atoms with E-state index in [1.165, 1.54) is 0 Å². The van der Waals surface area contributed by atoms with Crippen molar-refractivity contribution >= 4 is 17.8 Å². The van der Waals surface area contributed by atoms with Crippen molar-refractivity contribution in [1.82, 2.24) is 10.6 Å². The highest BCUT2D eigenvalue weighted by Gasteiger charge is 2.24. The summed E-state index contributed by atoms with van der Waals surface area (Å²) in [6.07, 6.45) is 4.44. The van der Waals surface area contributed by atoms with Crippen molar-refractivity contribution in [2.24, 2.45) is 0 Å². The first-order valence-electron chi connectivity index (χ1n) is 6.96. The van der Waals surface area contributed by atoms with Gasteiger partial charge in [-0.2, -0.15) is 11.8 Å². The first-order chi connectivity index (χ1) is 8.63. The van der Waals surface area contributed by atoms with Gasteiger partial charge in [-0.05, 0) is 37.7 Å². The van der Waals surface area contributed by atoms with Crippen LogP contribution in [0.4, 0.5) is 4.79 Å². The highest BCUT2D eigenvalue weighted by atomic mass is 32.2. The molecule has 1 aliphatic rings. The number of rotatable bonds is 6. The Balaban J connectivity index is 2.19. The molecular weight excluding hydrogens is 248 g/mol. The van der Waals surface area contributed by atoms with Crippen LogP contribution in [0.2, 0.25) is 0 Å². The van der Waals surface area contributed by atoms with E-state index in [2.05, 4.69) is 17.6 Å².